The van der Waals surface area contributed by atoms with E-state index in [-0.39, 0.29) is 0 Å². The van der Waals surface area contributed by atoms with Crippen LogP contribution in [-0.4, -0.2) is 24.6 Å². The van der Waals surface area contributed by atoms with Crippen LogP contribution in [0.2, 0.25) is 0 Å². The first-order valence-corrected chi connectivity index (χ1v) is 10.4. The Morgan fingerprint density at radius 1 is 1.19 bits per heavy atom. The summed E-state index contributed by atoms with van der Waals surface area (Å²) in [5, 5.41) is 1.13. The Hall–Kier alpha value is -2.46. The molecular formula is C23H23NO2S. The van der Waals surface area contributed by atoms with Gasteiger partial charge in [0.05, 0.1) is 0 Å². The number of nitrogens with zero attached hydrogens (tertiary/aromatic N) is 1. The summed E-state index contributed by atoms with van der Waals surface area (Å²) >= 11 is 1.72. The van der Waals surface area contributed by atoms with E-state index in [4.69, 9.17) is 4.42 Å². The first-order chi connectivity index (χ1) is 13.1. The third-order valence-corrected chi connectivity index (χ3v) is 5.76. The van der Waals surface area contributed by atoms with Crippen LogP contribution in [-0.2, 0) is 4.79 Å². The van der Waals surface area contributed by atoms with Crippen molar-refractivity contribution in [2.24, 2.45) is 0 Å². The molecule has 1 aromatic heterocycles. The van der Waals surface area contributed by atoms with Crippen molar-refractivity contribution < 1.29 is 9.21 Å². The van der Waals surface area contributed by atoms with E-state index in [1.807, 2.05) is 18.3 Å². The molecule has 1 aliphatic carbocycles. The normalized spacial score (nSPS) is 14.6. The molecule has 4 heteroatoms. The number of carbonyl (C=O) groups excluding carboxylic acids is 1. The highest BCUT2D eigenvalue weighted by molar-refractivity contribution is 7.98. The van der Waals surface area contributed by atoms with Crippen LogP contribution in [0.1, 0.15) is 41.2 Å². The molecule has 138 valence electrons. The molecule has 27 heavy (non-hydrogen) atoms. The van der Waals surface area contributed by atoms with Crippen molar-refractivity contribution in [3.05, 3.63) is 71.1 Å². The number of aryl methyl sites for hydroxylation is 1. The maximum absolute atomic E-state index is 11.3. The standard InChI is InChI=1S/C23H23NO2S/c1-15-6-4-5-7-19(15)21(13-24(2)14-25)20-12-18(27-3)10-17-11-22(16-8-9-16)26-23(17)20/h4-7,10-14,16H,8-9H2,1-3H3/b21-13+. The molecule has 1 heterocycles. The number of carbonyl (C=O) groups is 1. The Labute approximate surface area is 164 Å². The molecule has 0 saturated heterocycles. The number of amides is 1. The number of benzene rings is 2. The Balaban J connectivity index is 1.98. The highest BCUT2D eigenvalue weighted by Gasteiger charge is 2.28. The first kappa shape index (κ1) is 17.9. The lowest BCUT2D eigenvalue weighted by Gasteiger charge is -2.15. The number of thioether (sulfide) groups is 1. The fraction of sp³-hybridized carbons (Fsp3) is 0.261. The number of hydrogen-bond acceptors (Lipinski definition) is 3. The van der Waals surface area contributed by atoms with Crippen molar-refractivity contribution in [3.63, 3.8) is 0 Å². The molecule has 0 spiro atoms. The van der Waals surface area contributed by atoms with Gasteiger partial charge in [-0.1, -0.05) is 24.3 Å². The summed E-state index contributed by atoms with van der Waals surface area (Å²) < 4.78 is 6.32. The third kappa shape index (κ3) is 3.54. The predicted octanol–water partition coefficient (Wildman–Crippen LogP) is 5.82. The van der Waals surface area contributed by atoms with Crippen molar-refractivity contribution in [1.82, 2.24) is 4.90 Å². The molecule has 0 aliphatic heterocycles. The molecule has 1 saturated carbocycles. The minimum absolute atomic E-state index is 0.562. The minimum atomic E-state index is 0.562. The lowest BCUT2D eigenvalue weighted by atomic mass is 9.94. The molecule has 1 fully saturated rings. The second kappa shape index (κ2) is 7.28. The van der Waals surface area contributed by atoms with E-state index in [2.05, 4.69) is 43.5 Å². The van der Waals surface area contributed by atoms with Gasteiger partial charge in [-0.3, -0.25) is 4.79 Å². The van der Waals surface area contributed by atoms with Crippen LogP contribution >= 0.6 is 11.8 Å². The molecular weight excluding hydrogens is 354 g/mol. The smallest absolute Gasteiger partial charge is 0.213 e. The zero-order valence-electron chi connectivity index (χ0n) is 15.9. The predicted molar refractivity (Wildman–Crippen MR) is 112 cm³/mol. The average molecular weight is 378 g/mol. The van der Waals surface area contributed by atoms with Crippen molar-refractivity contribution in [1.29, 1.82) is 0 Å². The maximum atomic E-state index is 11.3. The lowest BCUT2D eigenvalue weighted by molar-refractivity contribution is -0.114. The largest absolute Gasteiger partial charge is 0.460 e. The van der Waals surface area contributed by atoms with Crippen LogP contribution in [0.3, 0.4) is 0 Å². The topological polar surface area (TPSA) is 33.5 Å². The van der Waals surface area contributed by atoms with Gasteiger partial charge in [-0.2, -0.15) is 0 Å². The molecule has 0 unspecified atom stereocenters. The Kier molecular flexibility index (Phi) is 4.83. The summed E-state index contributed by atoms with van der Waals surface area (Å²) in [5.74, 6) is 1.64. The van der Waals surface area contributed by atoms with Gasteiger partial charge in [0.25, 0.3) is 0 Å². The van der Waals surface area contributed by atoms with E-state index >= 15 is 0 Å². The number of rotatable bonds is 6. The van der Waals surface area contributed by atoms with Crippen molar-refractivity contribution >= 4 is 34.7 Å². The Bertz CT molecular complexity index is 1030. The fourth-order valence-corrected chi connectivity index (χ4v) is 3.91. The maximum Gasteiger partial charge on any atom is 0.213 e. The molecule has 0 atom stereocenters. The first-order valence-electron chi connectivity index (χ1n) is 9.17. The summed E-state index contributed by atoms with van der Waals surface area (Å²) in [6, 6.07) is 14.8. The molecule has 0 N–H and O–H groups in total. The second-order valence-electron chi connectivity index (χ2n) is 7.14. The minimum Gasteiger partial charge on any atom is -0.460 e. The number of hydrogen-bond donors (Lipinski definition) is 0. The van der Waals surface area contributed by atoms with Crippen LogP contribution in [0.15, 0.2) is 58.0 Å². The van der Waals surface area contributed by atoms with Gasteiger partial charge in [0, 0.05) is 40.6 Å². The summed E-state index contributed by atoms with van der Waals surface area (Å²) in [5.41, 5.74) is 5.21. The summed E-state index contributed by atoms with van der Waals surface area (Å²) in [7, 11) is 1.76. The Morgan fingerprint density at radius 3 is 2.63 bits per heavy atom. The summed E-state index contributed by atoms with van der Waals surface area (Å²) in [6.45, 7) is 2.09. The van der Waals surface area contributed by atoms with Crippen LogP contribution in [0.25, 0.3) is 16.5 Å². The second-order valence-corrected chi connectivity index (χ2v) is 8.02. The van der Waals surface area contributed by atoms with Crippen LogP contribution in [0.4, 0.5) is 0 Å². The molecule has 4 rings (SSSR count). The number of furan rings is 1. The van der Waals surface area contributed by atoms with Crippen molar-refractivity contribution in [2.45, 2.75) is 30.6 Å². The fourth-order valence-electron chi connectivity index (χ4n) is 3.43. The van der Waals surface area contributed by atoms with E-state index in [1.54, 1.807) is 23.7 Å². The van der Waals surface area contributed by atoms with E-state index in [0.29, 0.717) is 5.92 Å². The van der Waals surface area contributed by atoms with Gasteiger partial charge in [0.15, 0.2) is 0 Å². The van der Waals surface area contributed by atoms with Gasteiger partial charge >= 0.3 is 0 Å². The molecule has 3 aromatic rings. The summed E-state index contributed by atoms with van der Waals surface area (Å²) in [6.07, 6.45) is 7.22. The van der Waals surface area contributed by atoms with Gasteiger partial charge in [-0.05, 0) is 55.3 Å². The van der Waals surface area contributed by atoms with E-state index in [9.17, 15) is 4.79 Å². The zero-order valence-corrected chi connectivity index (χ0v) is 16.7. The van der Waals surface area contributed by atoms with Crippen molar-refractivity contribution in [3.8, 4) is 0 Å². The highest BCUT2D eigenvalue weighted by atomic mass is 32.2. The number of fused-ring (bicyclic) bond motifs is 1. The van der Waals surface area contributed by atoms with Crippen molar-refractivity contribution in [2.75, 3.05) is 13.3 Å². The van der Waals surface area contributed by atoms with Gasteiger partial charge in [0.2, 0.25) is 6.41 Å². The Morgan fingerprint density at radius 2 is 1.96 bits per heavy atom. The molecule has 2 aromatic carbocycles. The van der Waals surface area contributed by atoms with Crippen LogP contribution < -0.4 is 0 Å². The van der Waals surface area contributed by atoms with Gasteiger partial charge in [0.1, 0.15) is 11.3 Å². The van der Waals surface area contributed by atoms with Gasteiger partial charge in [-0.15, -0.1) is 11.8 Å². The molecule has 0 radical (unpaired) electrons. The lowest BCUT2D eigenvalue weighted by Crippen LogP contribution is -2.08. The van der Waals surface area contributed by atoms with Crippen LogP contribution in [0.5, 0.6) is 0 Å². The molecule has 1 amide bonds. The highest BCUT2D eigenvalue weighted by Crippen LogP contribution is 2.44. The monoisotopic (exact) mass is 377 g/mol. The van der Waals surface area contributed by atoms with E-state index in [0.717, 1.165) is 39.8 Å². The average Bonchev–Trinajstić information content (AvgIpc) is 3.44. The molecule has 0 bridgehead atoms. The molecule has 3 nitrogen and oxygen atoms in total. The van der Waals surface area contributed by atoms with Crippen LogP contribution in [0, 0.1) is 6.92 Å². The summed E-state index contributed by atoms with van der Waals surface area (Å²) in [4.78, 5) is 14.1. The SMILES string of the molecule is CSc1cc(/C(=C/N(C)C=O)c2ccccc2C)c2oc(C3CC3)cc2c1. The zero-order chi connectivity index (χ0) is 19.0. The van der Waals surface area contributed by atoms with Gasteiger partial charge in [-0.25, -0.2) is 0 Å². The van der Waals surface area contributed by atoms with Gasteiger partial charge < -0.3 is 9.32 Å². The molecule has 1 aliphatic rings. The quantitative estimate of drug-likeness (QED) is 0.401. The third-order valence-electron chi connectivity index (χ3n) is 5.05. The van der Waals surface area contributed by atoms with E-state index in [1.165, 1.54) is 23.3 Å². The van der Waals surface area contributed by atoms with E-state index < -0.39 is 0 Å².